The minimum absolute atomic E-state index is 0.698. The van der Waals surface area contributed by atoms with Gasteiger partial charge in [-0.2, -0.15) is 0 Å². The van der Waals surface area contributed by atoms with Gasteiger partial charge in [-0.05, 0) is 29.3 Å². The van der Waals surface area contributed by atoms with Gasteiger partial charge in [-0.1, -0.05) is 127 Å². The summed E-state index contributed by atoms with van der Waals surface area (Å²) in [5.74, 6) is 2.46. The van der Waals surface area contributed by atoms with Crippen molar-refractivity contribution in [2.24, 2.45) is 0 Å². The maximum Gasteiger partial charge on any atom is 0.163 e. The second-order valence-electron chi connectivity index (χ2n) is 11.4. The van der Waals surface area contributed by atoms with E-state index < -0.39 is 0 Å². The van der Waals surface area contributed by atoms with Crippen molar-refractivity contribution in [2.75, 3.05) is 0 Å². The first-order chi connectivity index (χ1) is 21.9. The van der Waals surface area contributed by atoms with Crippen molar-refractivity contribution >= 4 is 43.6 Å². The van der Waals surface area contributed by atoms with Crippen molar-refractivity contribution < 1.29 is 0 Å². The average Bonchev–Trinajstić information content (AvgIpc) is 3.57. The highest BCUT2D eigenvalue weighted by Crippen LogP contribution is 2.48. The number of hydrogen-bond acceptors (Lipinski definition) is 2. The number of rotatable bonds is 2. The molecule has 0 unspecified atom stereocenters. The lowest BCUT2D eigenvalue weighted by Crippen LogP contribution is -2.09. The summed E-state index contributed by atoms with van der Waals surface area (Å²) >= 11 is 0. The van der Waals surface area contributed by atoms with Gasteiger partial charge in [0.1, 0.15) is 0 Å². The summed E-state index contributed by atoms with van der Waals surface area (Å²) < 4.78 is 4.72. The van der Waals surface area contributed by atoms with Crippen LogP contribution in [0, 0.1) is 0 Å². The standard InChI is InChI=1S/C40H24N4/c1-2-13-25(14-3-1)38-41-39(43-33-22-9-6-16-27(33)28-17-7-10-23-34(28)43)36-30-19-5-4-15-26(30)31-20-12-21-32-29-18-8-11-24-35(29)44(37(31)32)40(36)42-38/h1-24H. The van der Waals surface area contributed by atoms with Crippen LogP contribution in [0.3, 0.4) is 0 Å². The summed E-state index contributed by atoms with van der Waals surface area (Å²) in [6, 6.07) is 51.7. The Balaban J connectivity index is 1.48. The summed E-state index contributed by atoms with van der Waals surface area (Å²) in [5, 5.41) is 4.85. The summed E-state index contributed by atoms with van der Waals surface area (Å²) in [4.78, 5) is 10.9. The van der Waals surface area contributed by atoms with Crippen molar-refractivity contribution in [3.05, 3.63) is 146 Å². The summed E-state index contributed by atoms with van der Waals surface area (Å²) in [5.41, 5.74) is 10.0. The van der Waals surface area contributed by atoms with E-state index in [1.54, 1.807) is 0 Å². The fourth-order valence-corrected chi connectivity index (χ4v) is 7.26. The number of hydrogen-bond donors (Lipinski definition) is 0. The fourth-order valence-electron chi connectivity index (χ4n) is 7.26. The summed E-state index contributed by atoms with van der Waals surface area (Å²) in [7, 11) is 0. The highest BCUT2D eigenvalue weighted by molar-refractivity contribution is 6.17. The molecule has 3 aromatic heterocycles. The number of nitrogens with zero attached hydrogens (tertiary/aromatic N) is 4. The van der Waals surface area contributed by atoms with Crippen LogP contribution in [-0.2, 0) is 0 Å². The van der Waals surface area contributed by atoms with E-state index in [0.717, 1.165) is 44.9 Å². The highest BCUT2D eigenvalue weighted by Gasteiger charge is 2.30. The average molecular weight is 561 g/mol. The zero-order valence-corrected chi connectivity index (χ0v) is 23.6. The highest BCUT2D eigenvalue weighted by atomic mass is 15.2. The van der Waals surface area contributed by atoms with Crippen LogP contribution < -0.4 is 0 Å². The largest absolute Gasteiger partial charge is 0.293 e. The van der Waals surface area contributed by atoms with Gasteiger partial charge >= 0.3 is 0 Å². The molecule has 6 aromatic carbocycles. The van der Waals surface area contributed by atoms with Crippen LogP contribution in [0.5, 0.6) is 0 Å². The molecule has 4 heteroatoms. The predicted octanol–water partition coefficient (Wildman–Crippen LogP) is 9.99. The Morgan fingerprint density at radius 1 is 0.364 bits per heavy atom. The van der Waals surface area contributed by atoms with E-state index in [9.17, 15) is 0 Å². The third-order valence-corrected chi connectivity index (χ3v) is 9.09. The number of para-hydroxylation sites is 4. The van der Waals surface area contributed by atoms with Gasteiger partial charge in [0.05, 0.1) is 27.6 Å². The van der Waals surface area contributed by atoms with Gasteiger partial charge in [-0.15, -0.1) is 0 Å². The Labute approximate surface area is 253 Å². The van der Waals surface area contributed by atoms with Gasteiger partial charge in [0.15, 0.2) is 17.5 Å². The molecule has 0 spiro atoms. The van der Waals surface area contributed by atoms with Crippen LogP contribution in [0.1, 0.15) is 0 Å². The third-order valence-electron chi connectivity index (χ3n) is 9.09. The monoisotopic (exact) mass is 560 g/mol. The molecule has 0 atom stereocenters. The van der Waals surface area contributed by atoms with Gasteiger partial charge in [0.25, 0.3) is 0 Å². The maximum atomic E-state index is 5.47. The van der Waals surface area contributed by atoms with Crippen molar-refractivity contribution in [3.63, 3.8) is 0 Å². The lowest BCUT2D eigenvalue weighted by atomic mass is 9.94. The molecule has 1 aliphatic rings. The lowest BCUT2D eigenvalue weighted by molar-refractivity contribution is 1.00. The molecule has 0 bridgehead atoms. The van der Waals surface area contributed by atoms with Gasteiger partial charge in [-0.25, -0.2) is 9.97 Å². The van der Waals surface area contributed by atoms with E-state index in [-0.39, 0.29) is 0 Å². The Bertz CT molecular complexity index is 2550. The SMILES string of the molecule is c1ccc(-c2nc(-n3c4ccccc4c4ccccc43)c3c(n2)-n2c4ccccc4c4cccc(c42)-c2ccccc2-3)cc1. The van der Waals surface area contributed by atoms with Crippen molar-refractivity contribution in [3.8, 4) is 45.3 Å². The normalized spacial score (nSPS) is 12.1. The molecule has 44 heavy (non-hydrogen) atoms. The van der Waals surface area contributed by atoms with Crippen molar-refractivity contribution in [1.82, 2.24) is 19.1 Å². The van der Waals surface area contributed by atoms with Gasteiger partial charge in [-0.3, -0.25) is 9.13 Å². The van der Waals surface area contributed by atoms with Crippen molar-refractivity contribution in [2.45, 2.75) is 0 Å². The first-order valence-corrected chi connectivity index (χ1v) is 15.0. The molecule has 204 valence electrons. The zero-order valence-electron chi connectivity index (χ0n) is 23.6. The second-order valence-corrected chi connectivity index (χ2v) is 11.4. The fraction of sp³-hybridized carbons (Fsp3) is 0. The first kappa shape index (κ1) is 23.6. The molecule has 9 aromatic rings. The maximum absolute atomic E-state index is 5.47. The van der Waals surface area contributed by atoms with E-state index in [0.29, 0.717) is 5.82 Å². The van der Waals surface area contributed by atoms with Crippen LogP contribution in [0.15, 0.2) is 146 Å². The molecule has 0 aliphatic carbocycles. The van der Waals surface area contributed by atoms with Gasteiger partial charge < -0.3 is 0 Å². The van der Waals surface area contributed by atoms with Crippen molar-refractivity contribution in [1.29, 1.82) is 0 Å². The minimum Gasteiger partial charge on any atom is -0.293 e. The number of aromatic nitrogens is 4. The summed E-state index contributed by atoms with van der Waals surface area (Å²) in [6.07, 6.45) is 0. The molecule has 0 fully saturated rings. The van der Waals surface area contributed by atoms with E-state index in [1.165, 1.54) is 38.2 Å². The molecule has 0 saturated heterocycles. The van der Waals surface area contributed by atoms with Crippen LogP contribution >= 0.6 is 0 Å². The molecular weight excluding hydrogens is 536 g/mol. The molecule has 4 nitrogen and oxygen atoms in total. The Morgan fingerprint density at radius 2 is 0.841 bits per heavy atom. The molecule has 0 radical (unpaired) electrons. The van der Waals surface area contributed by atoms with E-state index in [1.807, 2.05) is 6.07 Å². The summed E-state index contributed by atoms with van der Waals surface area (Å²) in [6.45, 7) is 0. The molecule has 1 aliphatic heterocycles. The molecule has 0 saturated carbocycles. The van der Waals surface area contributed by atoms with Gasteiger partial charge in [0, 0.05) is 32.7 Å². The molecular formula is C40H24N4. The zero-order chi connectivity index (χ0) is 28.8. The predicted molar refractivity (Wildman–Crippen MR) is 181 cm³/mol. The molecule has 4 heterocycles. The smallest absolute Gasteiger partial charge is 0.163 e. The van der Waals surface area contributed by atoms with E-state index in [4.69, 9.17) is 9.97 Å². The quantitative estimate of drug-likeness (QED) is 0.211. The Morgan fingerprint density at radius 3 is 1.52 bits per heavy atom. The molecule has 10 rings (SSSR count). The van der Waals surface area contributed by atoms with Crippen LogP contribution in [0.2, 0.25) is 0 Å². The van der Waals surface area contributed by atoms with Crippen LogP contribution in [0.25, 0.3) is 88.9 Å². The first-order valence-electron chi connectivity index (χ1n) is 15.0. The Hall–Kier alpha value is -6.00. The number of benzene rings is 6. The molecule has 0 N–H and O–H groups in total. The van der Waals surface area contributed by atoms with Crippen LogP contribution in [0.4, 0.5) is 0 Å². The number of fused-ring (bicyclic) bond motifs is 11. The lowest BCUT2D eigenvalue weighted by Gasteiger charge is -2.19. The minimum atomic E-state index is 0.698. The molecule has 0 amide bonds. The topological polar surface area (TPSA) is 35.6 Å². The van der Waals surface area contributed by atoms with E-state index >= 15 is 0 Å². The Kier molecular flexibility index (Phi) is 4.69. The van der Waals surface area contributed by atoms with Gasteiger partial charge in [0.2, 0.25) is 0 Å². The van der Waals surface area contributed by atoms with Crippen LogP contribution in [-0.4, -0.2) is 19.1 Å². The third kappa shape index (κ3) is 3.06. The second kappa shape index (κ2) is 8.76. The van der Waals surface area contributed by atoms with E-state index in [2.05, 4.69) is 149 Å².